The Labute approximate surface area is 108 Å². The summed E-state index contributed by atoms with van der Waals surface area (Å²) in [7, 11) is 0. The first-order valence-electron chi connectivity index (χ1n) is 4.21. The summed E-state index contributed by atoms with van der Waals surface area (Å²) in [5, 5.41) is 18.1. The molecule has 16 heavy (non-hydrogen) atoms. The molecule has 0 aliphatic rings. The quantitative estimate of drug-likeness (QED) is 0.776. The van der Waals surface area contributed by atoms with Gasteiger partial charge in [0, 0.05) is 14.5 Å². The van der Waals surface area contributed by atoms with Crippen LogP contribution in [0.3, 0.4) is 0 Å². The minimum absolute atomic E-state index is 0.137. The van der Waals surface area contributed by atoms with Gasteiger partial charge in [0.15, 0.2) is 0 Å². The molecule has 0 aliphatic carbocycles. The summed E-state index contributed by atoms with van der Waals surface area (Å²) >= 11 is 6.13. The van der Waals surface area contributed by atoms with Gasteiger partial charge in [-0.1, -0.05) is 31.9 Å². The molecule has 0 aromatic heterocycles. The molecule has 90 valence electrons. The molecule has 4 N–H and O–H groups in total. The molecule has 0 aliphatic heterocycles. The van der Waals surface area contributed by atoms with E-state index in [1.165, 1.54) is 12.1 Å². The van der Waals surface area contributed by atoms with Crippen LogP contribution in [0.2, 0.25) is 0 Å². The number of phenols is 1. The second kappa shape index (κ2) is 4.95. The van der Waals surface area contributed by atoms with E-state index in [4.69, 9.17) is 10.8 Å². The maximum absolute atomic E-state index is 13.2. The van der Waals surface area contributed by atoms with Crippen LogP contribution in [0.15, 0.2) is 21.1 Å². The van der Waals surface area contributed by atoms with E-state index in [-0.39, 0.29) is 15.8 Å². The standard InChI is InChI=1S/C9H9Br2F2NO2/c10-4-1-5(11)7(6(16)2-4)8(14)9(12,13)3-15/h1-2,8,15-16H,3,14H2/t8-/m1/s1. The van der Waals surface area contributed by atoms with Gasteiger partial charge in [-0.05, 0) is 12.1 Å². The zero-order valence-corrected chi connectivity index (χ0v) is 11.1. The molecule has 0 fully saturated rings. The van der Waals surface area contributed by atoms with Crippen LogP contribution >= 0.6 is 31.9 Å². The Kier molecular flexibility index (Phi) is 4.28. The highest BCUT2D eigenvalue weighted by Crippen LogP contribution is 2.39. The Morgan fingerprint density at radius 2 is 1.94 bits per heavy atom. The third-order valence-corrected chi connectivity index (χ3v) is 3.16. The van der Waals surface area contributed by atoms with Gasteiger partial charge in [0.25, 0.3) is 5.92 Å². The molecule has 1 aromatic carbocycles. The molecule has 0 spiro atoms. The van der Waals surface area contributed by atoms with Crippen molar-refractivity contribution in [2.24, 2.45) is 5.73 Å². The smallest absolute Gasteiger partial charge is 0.289 e. The second-order valence-electron chi connectivity index (χ2n) is 3.22. The van der Waals surface area contributed by atoms with Gasteiger partial charge in [0.1, 0.15) is 18.4 Å². The highest BCUT2D eigenvalue weighted by Gasteiger charge is 2.39. The van der Waals surface area contributed by atoms with E-state index in [0.717, 1.165) is 0 Å². The minimum atomic E-state index is -3.49. The highest BCUT2D eigenvalue weighted by atomic mass is 79.9. The van der Waals surface area contributed by atoms with Gasteiger partial charge < -0.3 is 15.9 Å². The lowest BCUT2D eigenvalue weighted by atomic mass is 10.0. The SMILES string of the molecule is N[C@H](c1c(O)cc(Br)cc1Br)C(F)(F)CO. The van der Waals surface area contributed by atoms with Gasteiger partial charge in [-0.15, -0.1) is 0 Å². The fraction of sp³-hybridized carbons (Fsp3) is 0.333. The topological polar surface area (TPSA) is 66.5 Å². The average Bonchev–Trinajstić information content (AvgIpc) is 2.15. The highest BCUT2D eigenvalue weighted by molar-refractivity contribution is 9.11. The number of benzene rings is 1. The van der Waals surface area contributed by atoms with Crippen molar-refractivity contribution >= 4 is 31.9 Å². The van der Waals surface area contributed by atoms with Gasteiger partial charge in [-0.3, -0.25) is 0 Å². The zero-order valence-electron chi connectivity index (χ0n) is 7.92. The van der Waals surface area contributed by atoms with E-state index >= 15 is 0 Å². The normalized spacial score (nSPS) is 13.9. The fourth-order valence-electron chi connectivity index (χ4n) is 1.19. The number of nitrogens with two attached hydrogens (primary N) is 1. The zero-order chi connectivity index (χ0) is 12.5. The summed E-state index contributed by atoms with van der Waals surface area (Å²) in [4.78, 5) is 0. The number of halogens is 4. The first-order valence-corrected chi connectivity index (χ1v) is 5.80. The van der Waals surface area contributed by atoms with Crippen LogP contribution in [-0.4, -0.2) is 22.7 Å². The second-order valence-corrected chi connectivity index (χ2v) is 4.99. The van der Waals surface area contributed by atoms with Crippen LogP contribution in [0.1, 0.15) is 11.6 Å². The number of alkyl halides is 2. The lowest BCUT2D eigenvalue weighted by molar-refractivity contribution is -0.0717. The molecule has 0 heterocycles. The van der Waals surface area contributed by atoms with Crippen molar-refractivity contribution < 1.29 is 19.0 Å². The van der Waals surface area contributed by atoms with E-state index in [1.54, 1.807) is 0 Å². The summed E-state index contributed by atoms with van der Waals surface area (Å²) in [5.41, 5.74) is 5.18. The van der Waals surface area contributed by atoms with Gasteiger partial charge in [-0.2, -0.15) is 0 Å². The molecular formula is C9H9Br2F2NO2. The number of hydrogen-bond acceptors (Lipinski definition) is 3. The van der Waals surface area contributed by atoms with E-state index in [9.17, 15) is 13.9 Å². The molecule has 0 amide bonds. The van der Waals surface area contributed by atoms with Crippen molar-refractivity contribution in [1.29, 1.82) is 0 Å². The average molecular weight is 361 g/mol. The van der Waals surface area contributed by atoms with Crippen LogP contribution in [0, 0.1) is 0 Å². The van der Waals surface area contributed by atoms with Crippen LogP contribution in [0.4, 0.5) is 8.78 Å². The number of hydrogen-bond donors (Lipinski definition) is 3. The summed E-state index contributed by atoms with van der Waals surface area (Å²) in [6.45, 7) is -1.38. The van der Waals surface area contributed by atoms with Crippen molar-refractivity contribution in [3.05, 3.63) is 26.6 Å². The monoisotopic (exact) mass is 359 g/mol. The van der Waals surface area contributed by atoms with Gasteiger partial charge in [-0.25, -0.2) is 8.78 Å². The third kappa shape index (κ3) is 2.71. The lowest BCUT2D eigenvalue weighted by Crippen LogP contribution is -2.36. The molecule has 1 atom stereocenters. The van der Waals surface area contributed by atoms with E-state index in [1.807, 2.05) is 0 Å². The molecule has 0 saturated carbocycles. The summed E-state index contributed by atoms with van der Waals surface area (Å²) in [6.07, 6.45) is 0. The van der Waals surface area contributed by atoms with E-state index in [0.29, 0.717) is 4.47 Å². The Morgan fingerprint density at radius 1 is 1.38 bits per heavy atom. The third-order valence-electron chi connectivity index (χ3n) is 2.05. The molecule has 0 saturated heterocycles. The number of aromatic hydroxyl groups is 1. The Morgan fingerprint density at radius 3 is 2.38 bits per heavy atom. The van der Waals surface area contributed by atoms with Crippen molar-refractivity contribution in [3.63, 3.8) is 0 Å². The molecule has 0 bridgehead atoms. The summed E-state index contributed by atoms with van der Waals surface area (Å²) < 4.78 is 27.1. The Bertz CT molecular complexity index is 378. The molecule has 1 rings (SSSR count). The Balaban J connectivity index is 3.24. The van der Waals surface area contributed by atoms with Crippen LogP contribution in [0.25, 0.3) is 0 Å². The molecule has 0 radical (unpaired) electrons. The Hall–Kier alpha value is -0.240. The minimum Gasteiger partial charge on any atom is -0.508 e. The van der Waals surface area contributed by atoms with Crippen molar-refractivity contribution in [3.8, 4) is 5.75 Å². The van der Waals surface area contributed by atoms with Crippen LogP contribution in [-0.2, 0) is 0 Å². The van der Waals surface area contributed by atoms with Crippen molar-refractivity contribution in [2.75, 3.05) is 6.61 Å². The summed E-state index contributed by atoms with van der Waals surface area (Å²) in [5.74, 6) is -3.85. The van der Waals surface area contributed by atoms with Crippen LogP contribution < -0.4 is 5.73 Å². The first kappa shape index (κ1) is 13.8. The number of aliphatic hydroxyl groups excluding tert-OH is 1. The van der Waals surface area contributed by atoms with Gasteiger partial charge in [0.2, 0.25) is 0 Å². The van der Waals surface area contributed by atoms with Crippen molar-refractivity contribution in [1.82, 2.24) is 0 Å². The lowest BCUT2D eigenvalue weighted by Gasteiger charge is -2.23. The largest absolute Gasteiger partial charge is 0.508 e. The fourth-order valence-corrected chi connectivity index (χ4v) is 2.64. The first-order chi connectivity index (χ1) is 7.29. The molecule has 0 unspecified atom stereocenters. The van der Waals surface area contributed by atoms with E-state index in [2.05, 4.69) is 31.9 Å². The maximum atomic E-state index is 13.2. The van der Waals surface area contributed by atoms with E-state index < -0.39 is 18.6 Å². The van der Waals surface area contributed by atoms with Gasteiger partial charge in [0.05, 0.1) is 0 Å². The predicted octanol–water partition coefficient (Wildman–Crippen LogP) is 2.54. The number of phenolic OH excluding ortho intramolecular Hbond substituents is 1. The molecule has 1 aromatic rings. The maximum Gasteiger partial charge on any atom is 0.289 e. The predicted molar refractivity (Wildman–Crippen MR) is 62.5 cm³/mol. The number of rotatable bonds is 3. The van der Waals surface area contributed by atoms with Crippen molar-refractivity contribution in [2.45, 2.75) is 12.0 Å². The summed E-state index contributed by atoms with van der Waals surface area (Å²) in [6, 6.07) is 0.968. The van der Waals surface area contributed by atoms with Gasteiger partial charge >= 0.3 is 0 Å². The molecule has 3 nitrogen and oxygen atoms in total. The number of aliphatic hydroxyl groups is 1. The molecule has 7 heteroatoms. The van der Waals surface area contributed by atoms with Crippen LogP contribution in [0.5, 0.6) is 5.75 Å². The molecular weight excluding hydrogens is 352 g/mol.